The molecule has 3 fully saturated rings. The van der Waals surface area contributed by atoms with Gasteiger partial charge in [0.15, 0.2) is 0 Å². The van der Waals surface area contributed by atoms with Crippen molar-refractivity contribution in [1.82, 2.24) is 20.9 Å². The molecule has 1 aliphatic heterocycles. The van der Waals surface area contributed by atoms with Crippen LogP contribution in [0.15, 0.2) is 0 Å². The van der Waals surface area contributed by atoms with Gasteiger partial charge in [0.2, 0.25) is 17.7 Å². The van der Waals surface area contributed by atoms with Gasteiger partial charge in [0.05, 0.1) is 18.2 Å². The van der Waals surface area contributed by atoms with Crippen LogP contribution in [0.2, 0.25) is 0 Å². The summed E-state index contributed by atoms with van der Waals surface area (Å²) in [5.41, 5.74) is -0.137. The number of nitrogens with zero attached hydrogens (tertiary/aromatic N) is 1. The lowest BCUT2D eigenvalue weighted by Crippen LogP contribution is -2.57. The van der Waals surface area contributed by atoms with E-state index < -0.39 is 12.1 Å². The Morgan fingerprint density at radius 1 is 0.917 bits per heavy atom. The number of carbonyl (C=O) groups excluding carboxylic acids is 3. The Balaban J connectivity index is 1.78. The Kier molecular flexibility index (Phi) is 10.2. The molecule has 0 aromatic rings. The molecule has 0 bridgehead atoms. The predicted octanol–water partition coefficient (Wildman–Crippen LogP) is 3.00. The Morgan fingerprint density at radius 3 is 2.25 bits per heavy atom. The Morgan fingerprint density at radius 2 is 1.58 bits per heavy atom. The maximum absolute atomic E-state index is 13.4. The van der Waals surface area contributed by atoms with Gasteiger partial charge in [-0.1, -0.05) is 33.6 Å². The van der Waals surface area contributed by atoms with Gasteiger partial charge in [0.25, 0.3) is 0 Å². The van der Waals surface area contributed by atoms with Gasteiger partial charge in [-0.3, -0.25) is 14.4 Å². The average Bonchev–Trinajstić information content (AvgIpc) is 3.65. The fourth-order valence-corrected chi connectivity index (χ4v) is 5.61. The van der Waals surface area contributed by atoms with E-state index in [9.17, 15) is 14.4 Å². The molecule has 8 nitrogen and oxygen atoms in total. The molecule has 0 radical (unpaired) electrons. The molecule has 2 saturated carbocycles. The zero-order valence-corrected chi connectivity index (χ0v) is 23.4. The molecule has 6 atom stereocenters. The van der Waals surface area contributed by atoms with E-state index in [1.807, 2.05) is 0 Å². The lowest BCUT2D eigenvalue weighted by Gasteiger charge is -2.35. The van der Waals surface area contributed by atoms with Gasteiger partial charge in [-0.25, -0.2) is 0 Å². The van der Waals surface area contributed by atoms with Gasteiger partial charge in [-0.2, -0.15) is 0 Å². The lowest BCUT2D eigenvalue weighted by molar-refractivity contribution is -0.141. The molecule has 8 heteroatoms. The number of carbonyl (C=O) groups is 3. The number of hydrogen-bond donors (Lipinski definition) is 3. The molecule has 206 valence electrons. The van der Waals surface area contributed by atoms with Crippen LogP contribution in [-0.4, -0.2) is 73.1 Å². The van der Waals surface area contributed by atoms with Gasteiger partial charge in [-0.15, -0.1) is 0 Å². The van der Waals surface area contributed by atoms with Crippen molar-refractivity contribution in [2.24, 2.45) is 17.3 Å². The van der Waals surface area contributed by atoms with Gasteiger partial charge in [0, 0.05) is 20.1 Å². The van der Waals surface area contributed by atoms with Crippen molar-refractivity contribution in [2.45, 2.75) is 123 Å². The van der Waals surface area contributed by atoms with Gasteiger partial charge in [0.1, 0.15) is 12.1 Å². The molecule has 0 aromatic heterocycles. The van der Waals surface area contributed by atoms with Crippen molar-refractivity contribution in [3.05, 3.63) is 0 Å². The number of likely N-dealkylation sites (N-methyl/N-ethyl adjacent to an activating group) is 1. The number of nitrogens with one attached hydrogen (secondary N) is 3. The maximum atomic E-state index is 13.4. The molecule has 3 aliphatic rings. The maximum Gasteiger partial charge on any atom is 0.243 e. The quantitative estimate of drug-likeness (QED) is 0.535. The fraction of sp³-hybridized carbons (Fsp3) is 0.893. The molecule has 3 N–H and O–H groups in total. The van der Waals surface area contributed by atoms with E-state index >= 15 is 0 Å². The van der Waals surface area contributed by atoms with Crippen LogP contribution in [0, 0.1) is 17.3 Å². The van der Waals surface area contributed by atoms with Crippen molar-refractivity contribution in [3.63, 3.8) is 0 Å². The smallest absolute Gasteiger partial charge is 0.243 e. The van der Waals surface area contributed by atoms with Crippen LogP contribution in [0.1, 0.15) is 92.4 Å². The van der Waals surface area contributed by atoms with Crippen molar-refractivity contribution in [3.8, 4) is 0 Å². The van der Waals surface area contributed by atoms with Crippen molar-refractivity contribution in [1.29, 1.82) is 0 Å². The first-order valence-corrected chi connectivity index (χ1v) is 14.2. The molecule has 1 saturated heterocycles. The van der Waals surface area contributed by atoms with E-state index in [0.29, 0.717) is 31.3 Å². The summed E-state index contributed by atoms with van der Waals surface area (Å²) in [5.74, 6) is 0.279. The Labute approximate surface area is 218 Å². The van der Waals surface area contributed by atoms with E-state index in [1.54, 1.807) is 14.0 Å². The summed E-state index contributed by atoms with van der Waals surface area (Å²) in [5, 5.41) is 9.50. The molecule has 0 aromatic carbocycles. The van der Waals surface area contributed by atoms with Crippen LogP contribution < -0.4 is 16.0 Å². The van der Waals surface area contributed by atoms with Crippen LogP contribution in [0.5, 0.6) is 0 Å². The summed E-state index contributed by atoms with van der Waals surface area (Å²) >= 11 is 0. The number of ether oxygens (including phenoxy) is 1. The molecule has 3 rings (SSSR count). The minimum atomic E-state index is -0.675. The first kappa shape index (κ1) is 28.9. The third-order valence-corrected chi connectivity index (χ3v) is 8.04. The second-order valence-corrected chi connectivity index (χ2v) is 12.6. The summed E-state index contributed by atoms with van der Waals surface area (Å²) < 4.78 is 6.50. The van der Waals surface area contributed by atoms with Gasteiger partial charge >= 0.3 is 0 Å². The number of hydrogen-bond acceptors (Lipinski definition) is 5. The van der Waals surface area contributed by atoms with Crippen LogP contribution >= 0.6 is 0 Å². The van der Waals surface area contributed by atoms with Crippen molar-refractivity contribution >= 4 is 17.7 Å². The molecule has 36 heavy (non-hydrogen) atoms. The van der Waals surface area contributed by atoms with Crippen LogP contribution in [0.4, 0.5) is 0 Å². The van der Waals surface area contributed by atoms with Crippen molar-refractivity contribution < 1.29 is 19.1 Å². The highest BCUT2D eigenvalue weighted by molar-refractivity contribution is 5.93. The summed E-state index contributed by atoms with van der Waals surface area (Å²) in [6.45, 7) is 11.2. The van der Waals surface area contributed by atoms with Crippen LogP contribution in [0.25, 0.3) is 0 Å². The minimum Gasteiger partial charge on any atom is -0.374 e. The predicted molar refractivity (Wildman–Crippen MR) is 141 cm³/mol. The number of amides is 3. The summed E-state index contributed by atoms with van der Waals surface area (Å²) in [4.78, 5) is 41.3. The molecule has 1 heterocycles. The molecule has 0 unspecified atom stereocenters. The van der Waals surface area contributed by atoms with E-state index in [-0.39, 0.29) is 41.4 Å². The summed E-state index contributed by atoms with van der Waals surface area (Å²) in [7, 11) is 1.69. The average molecular weight is 507 g/mol. The topological polar surface area (TPSA) is 99.8 Å². The second kappa shape index (κ2) is 12.7. The molecular weight excluding hydrogens is 456 g/mol. The monoisotopic (exact) mass is 506 g/mol. The molecule has 3 amide bonds. The Hall–Kier alpha value is -1.67. The standard InChI is InChI=1S/C28H50N4O4/c1-18-17-30-24(21-13-14-21)27(35)32(6)19(2)25(33)31-22(16-28(3,4)5)26(34)29-15-9-11-20-10-7-8-12-23(20)36-18/h18-24,30H,7-17H2,1-6H3,(H,29,34)(H,31,33)/t18-,19-,20+,22-,23+,24+/m1/s1. The highest BCUT2D eigenvalue weighted by atomic mass is 16.5. The number of rotatable bonds is 2. The van der Waals surface area contributed by atoms with E-state index in [0.717, 1.165) is 38.5 Å². The SMILES string of the molecule is C[C@@H]1CN[C@@H](C2CC2)C(=O)N(C)[C@H](C)C(=O)N[C@H](CC(C)(C)C)C(=O)NCCC[C@@H]2CCCC[C@@H]2O1. The largest absolute Gasteiger partial charge is 0.374 e. The van der Waals surface area contributed by atoms with E-state index in [4.69, 9.17) is 4.74 Å². The molecule has 0 spiro atoms. The third kappa shape index (κ3) is 8.44. The summed E-state index contributed by atoms with van der Waals surface area (Å²) in [6, 6.07) is -1.62. The fourth-order valence-electron chi connectivity index (χ4n) is 5.61. The van der Waals surface area contributed by atoms with Crippen molar-refractivity contribution in [2.75, 3.05) is 20.1 Å². The first-order chi connectivity index (χ1) is 17.0. The van der Waals surface area contributed by atoms with Gasteiger partial charge in [-0.05, 0) is 76.0 Å². The highest BCUT2D eigenvalue weighted by Crippen LogP contribution is 2.34. The third-order valence-electron chi connectivity index (χ3n) is 8.04. The van der Waals surface area contributed by atoms with Gasteiger partial charge < -0.3 is 25.6 Å². The molecular formula is C28H50N4O4. The second-order valence-electron chi connectivity index (χ2n) is 12.6. The zero-order chi connectivity index (χ0) is 26.5. The normalized spacial score (nSPS) is 34.7. The highest BCUT2D eigenvalue weighted by Gasteiger charge is 2.40. The van der Waals surface area contributed by atoms with Crippen LogP contribution in [0.3, 0.4) is 0 Å². The Bertz CT molecular complexity index is 763. The lowest BCUT2D eigenvalue weighted by atomic mass is 9.83. The zero-order valence-electron chi connectivity index (χ0n) is 23.4. The first-order valence-electron chi connectivity index (χ1n) is 14.2. The summed E-state index contributed by atoms with van der Waals surface area (Å²) in [6.07, 6.45) is 9.38. The number of fused-ring (bicyclic) bond motifs is 1. The van der Waals surface area contributed by atoms with E-state index in [1.165, 1.54) is 17.7 Å². The minimum absolute atomic E-state index is 0.00687. The van der Waals surface area contributed by atoms with E-state index in [2.05, 4.69) is 43.6 Å². The van der Waals surface area contributed by atoms with Crippen LogP contribution in [-0.2, 0) is 19.1 Å². The molecule has 2 aliphatic carbocycles.